The molecule has 0 aromatic heterocycles. The minimum Gasteiger partial charge on any atom is -0.490 e. The summed E-state index contributed by atoms with van der Waals surface area (Å²) in [7, 11) is 0. The molecule has 0 aliphatic carbocycles. The Hall–Kier alpha value is -2.79. The molecule has 1 saturated heterocycles. The van der Waals surface area contributed by atoms with Crippen molar-refractivity contribution in [2.45, 2.75) is 6.92 Å². The monoisotopic (exact) mass is 523 g/mol. The quantitative estimate of drug-likeness (QED) is 0.212. The molecule has 1 fully saturated rings. The number of halogens is 1. The second kappa shape index (κ2) is 9.78. The fourth-order valence-electron chi connectivity index (χ4n) is 3.42. The highest BCUT2D eigenvalue weighted by Crippen LogP contribution is 2.41. The Labute approximate surface area is 204 Å². The zero-order chi connectivity index (χ0) is 22.7. The summed E-state index contributed by atoms with van der Waals surface area (Å²) >= 11 is 10.4. The fraction of sp³-hybridized carbons (Fsp3) is 0.120. The number of terminal acetylenes is 1. The number of fused-ring (bicyclic) bond motifs is 1. The van der Waals surface area contributed by atoms with Gasteiger partial charge < -0.3 is 9.47 Å². The van der Waals surface area contributed by atoms with E-state index in [1.165, 1.54) is 11.8 Å². The van der Waals surface area contributed by atoms with Crippen molar-refractivity contribution in [2.24, 2.45) is 0 Å². The van der Waals surface area contributed by atoms with E-state index in [0.29, 0.717) is 31.8 Å². The SMILES string of the molecule is C#CCOc1c(Br)cc(/C=C2/SC(=S)N(c3cccc4ccccc34)C2=O)cc1OCC. The molecule has 4 nitrogen and oxygen atoms in total. The van der Waals surface area contributed by atoms with Crippen LogP contribution in [0.3, 0.4) is 0 Å². The Bertz CT molecular complexity index is 1290. The minimum atomic E-state index is -0.155. The molecule has 0 radical (unpaired) electrons. The number of carbonyl (C=O) groups is 1. The van der Waals surface area contributed by atoms with Crippen LogP contribution in [-0.4, -0.2) is 23.4 Å². The third-order valence-electron chi connectivity index (χ3n) is 4.73. The molecule has 1 amide bonds. The van der Waals surface area contributed by atoms with Crippen LogP contribution in [-0.2, 0) is 4.79 Å². The normalized spacial score (nSPS) is 14.8. The topological polar surface area (TPSA) is 38.8 Å². The number of benzene rings is 3. The second-order valence-electron chi connectivity index (χ2n) is 6.77. The lowest BCUT2D eigenvalue weighted by Gasteiger charge is -2.17. The van der Waals surface area contributed by atoms with Gasteiger partial charge in [0.1, 0.15) is 6.61 Å². The molecule has 1 heterocycles. The van der Waals surface area contributed by atoms with Crippen LogP contribution in [0.15, 0.2) is 64.0 Å². The first kappa shape index (κ1) is 22.4. The van der Waals surface area contributed by atoms with Gasteiger partial charge in [-0.2, -0.15) is 0 Å². The summed E-state index contributed by atoms with van der Waals surface area (Å²) in [5.74, 6) is 3.38. The summed E-state index contributed by atoms with van der Waals surface area (Å²) in [6.07, 6.45) is 7.12. The molecule has 0 N–H and O–H groups in total. The van der Waals surface area contributed by atoms with Crippen molar-refractivity contribution < 1.29 is 14.3 Å². The molecule has 0 unspecified atom stereocenters. The predicted molar refractivity (Wildman–Crippen MR) is 139 cm³/mol. The molecule has 0 bridgehead atoms. The average molecular weight is 524 g/mol. The van der Waals surface area contributed by atoms with Gasteiger partial charge in [0.05, 0.1) is 21.7 Å². The summed E-state index contributed by atoms with van der Waals surface area (Å²) < 4.78 is 12.5. The smallest absolute Gasteiger partial charge is 0.270 e. The van der Waals surface area contributed by atoms with Crippen molar-refractivity contribution in [3.8, 4) is 23.8 Å². The molecule has 160 valence electrons. The van der Waals surface area contributed by atoms with Crippen molar-refractivity contribution in [3.05, 3.63) is 69.5 Å². The fourth-order valence-corrected chi connectivity index (χ4v) is 5.28. The number of anilines is 1. The maximum absolute atomic E-state index is 13.3. The van der Waals surface area contributed by atoms with Crippen molar-refractivity contribution in [1.29, 1.82) is 0 Å². The number of thioether (sulfide) groups is 1. The van der Waals surface area contributed by atoms with Crippen LogP contribution >= 0.6 is 39.9 Å². The van der Waals surface area contributed by atoms with E-state index in [-0.39, 0.29) is 12.5 Å². The van der Waals surface area contributed by atoms with Gasteiger partial charge in [0.2, 0.25) is 0 Å². The van der Waals surface area contributed by atoms with Crippen LogP contribution in [0.2, 0.25) is 0 Å². The van der Waals surface area contributed by atoms with E-state index in [1.807, 2.05) is 67.6 Å². The molecule has 7 heteroatoms. The first-order chi connectivity index (χ1) is 15.5. The highest BCUT2D eigenvalue weighted by molar-refractivity contribution is 9.10. The molecular weight excluding hydrogens is 506 g/mol. The molecule has 3 aromatic rings. The zero-order valence-corrected chi connectivity index (χ0v) is 20.4. The maximum atomic E-state index is 13.3. The van der Waals surface area contributed by atoms with E-state index in [1.54, 1.807) is 4.90 Å². The summed E-state index contributed by atoms with van der Waals surface area (Å²) in [6, 6.07) is 17.5. The van der Waals surface area contributed by atoms with Crippen LogP contribution in [0.25, 0.3) is 16.8 Å². The van der Waals surface area contributed by atoms with Gasteiger partial charge in [-0.15, -0.1) is 6.42 Å². The number of rotatable bonds is 6. The lowest BCUT2D eigenvalue weighted by molar-refractivity contribution is -0.113. The number of nitrogens with zero attached hydrogens (tertiary/aromatic N) is 1. The van der Waals surface area contributed by atoms with Crippen molar-refractivity contribution in [3.63, 3.8) is 0 Å². The van der Waals surface area contributed by atoms with Crippen LogP contribution in [0.5, 0.6) is 11.5 Å². The Morgan fingerprint density at radius 1 is 1.19 bits per heavy atom. The Balaban J connectivity index is 1.71. The summed E-state index contributed by atoms with van der Waals surface area (Å²) in [4.78, 5) is 15.5. The van der Waals surface area contributed by atoms with Crippen molar-refractivity contribution >= 4 is 72.7 Å². The van der Waals surface area contributed by atoms with Crippen LogP contribution in [0, 0.1) is 12.3 Å². The Morgan fingerprint density at radius 2 is 1.97 bits per heavy atom. The molecule has 3 aromatic carbocycles. The largest absolute Gasteiger partial charge is 0.490 e. The molecule has 32 heavy (non-hydrogen) atoms. The molecular formula is C25H18BrNO3S2. The lowest BCUT2D eigenvalue weighted by Crippen LogP contribution is -2.27. The molecule has 1 aliphatic rings. The number of carbonyl (C=O) groups excluding carboxylic acids is 1. The third-order valence-corrected chi connectivity index (χ3v) is 6.62. The summed E-state index contributed by atoms with van der Waals surface area (Å²) in [6.45, 7) is 2.48. The molecule has 4 rings (SSSR count). The summed E-state index contributed by atoms with van der Waals surface area (Å²) in [5, 5.41) is 2.03. The molecule has 1 aliphatic heterocycles. The number of hydrogen-bond donors (Lipinski definition) is 0. The van der Waals surface area contributed by atoms with E-state index in [0.717, 1.165) is 22.0 Å². The number of thiocarbonyl (C=S) groups is 1. The number of hydrogen-bond acceptors (Lipinski definition) is 5. The highest BCUT2D eigenvalue weighted by atomic mass is 79.9. The Kier molecular flexibility index (Phi) is 6.85. The van der Waals surface area contributed by atoms with Gasteiger partial charge in [-0.25, -0.2) is 0 Å². The van der Waals surface area contributed by atoms with Gasteiger partial charge in [0, 0.05) is 5.39 Å². The van der Waals surface area contributed by atoms with E-state index in [2.05, 4.69) is 21.9 Å². The zero-order valence-electron chi connectivity index (χ0n) is 17.1. The van der Waals surface area contributed by atoms with Crippen molar-refractivity contribution in [2.75, 3.05) is 18.1 Å². The first-order valence-corrected chi connectivity index (χ1v) is 11.8. The van der Waals surface area contributed by atoms with E-state index < -0.39 is 0 Å². The average Bonchev–Trinajstić information content (AvgIpc) is 3.05. The van der Waals surface area contributed by atoms with Crippen LogP contribution in [0.1, 0.15) is 12.5 Å². The van der Waals surface area contributed by atoms with Gasteiger partial charge in [-0.1, -0.05) is 66.3 Å². The second-order valence-corrected chi connectivity index (χ2v) is 9.30. The minimum absolute atomic E-state index is 0.127. The molecule has 0 spiro atoms. The van der Waals surface area contributed by atoms with Gasteiger partial charge in [-0.05, 0) is 58.1 Å². The first-order valence-electron chi connectivity index (χ1n) is 9.81. The predicted octanol–water partition coefficient (Wildman–Crippen LogP) is 6.42. The third kappa shape index (κ3) is 4.40. The number of ether oxygens (including phenoxy) is 2. The molecule has 0 atom stereocenters. The molecule has 0 saturated carbocycles. The lowest BCUT2D eigenvalue weighted by atomic mass is 10.1. The van der Waals surface area contributed by atoms with Gasteiger partial charge >= 0.3 is 0 Å². The van der Waals surface area contributed by atoms with Gasteiger partial charge in [0.15, 0.2) is 15.8 Å². The number of amides is 1. The standard InChI is InChI=1S/C25H18BrNO3S2/c1-3-12-30-23-19(26)13-16(14-21(23)29-4-2)15-22-24(28)27(25(31)32-22)20-11-7-9-17-8-5-6-10-18(17)20/h1,5-11,13-15H,4,12H2,2H3/b22-15+. The van der Waals surface area contributed by atoms with E-state index in [4.69, 9.17) is 28.1 Å². The van der Waals surface area contributed by atoms with Gasteiger partial charge in [0.25, 0.3) is 5.91 Å². The van der Waals surface area contributed by atoms with Gasteiger partial charge in [-0.3, -0.25) is 9.69 Å². The highest BCUT2D eigenvalue weighted by Gasteiger charge is 2.34. The van der Waals surface area contributed by atoms with E-state index >= 15 is 0 Å². The summed E-state index contributed by atoms with van der Waals surface area (Å²) in [5.41, 5.74) is 1.56. The van der Waals surface area contributed by atoms with Crippen LogP contribution < -0.4 is 14.4 Å². The maximum Gasteiger partial charge on any atom is 0.270 e. The van der Waals surface area contributed by atoms with Crippen molar-refractivity contribution in [1.82, 2.24) is 0 Å². The van der Waals surface area contributed by atoms with E-state index in [9.17, 15) is 4.79 Å². The van der Waals surface area contributed by atoms with Crippen LogP contribution in [0.4, 0.5) is 5.69 Å². The Morgan fingerprint density at radius 3 is 2.75 bits per heavy atom.